The Bertz CT molecular complexity index is 910. The number of hydrogen-bond acceptors (Lipinski definition) is 6. The lowest BCUT2D eigenvalue weighted by atomic mass is 10.1. The third kappa shape index (κ3) is 7.88. The minimum Gasteiger partial charge on any atom is -0.495 e. The summed E-state index contributed by atoms with van der Waals surface area (Å²) in [6.45, 7) is 3.21. The van der Waals surface area contributed by atoms with Gasteiger partial charge in [0, 0.05) is 18.7 Å². The molecule has 0 bridgehead atoms. The van der Waals surface area contributed by atoms with E-state index in [4.69, 9.17) is 21.1 Å². The fraction of sp³-hybridized carbons (Fsp3) is 0.286. The van der Waals surface area contributed by atoms with Crippen LogP contribution in [0.4, 0.5) is 4.39 Å². The summed E-state index contributed by atoms with van der Waals surface area (Å²) in [5, 5.41) is 15.3. The van der Waals surface area contributed by atoms with Crippen molar-refractivity contribution in [1.29, 1.82) is 0 Å². The Balaban J connectivity index is 1.75. The first-order valence-corrected chi connectivity index (χ1v) is 9.66. The van der Waals surface area contributed by atoms with Crippen LogP contribution in [0, 0.1) is 5.82 Å². The number of pyridine rings is 1. The quantitative estimate of drug-likeness (QED) is 0.451. The van der Waals surface area contributed by atoms with Crippen LogP contribution in [-0.4, -0.2) is 54.3 Å². The molecule has 31 heavy (non-hydrogen) atoms. The molecule has 0 saturated heterocycles. The van der Waals surface area contributed by atoms with Crippen molar-refractivity contribution in [2.45, 2.75) is 18.6 Å². The predicted molar refractivity (Wildman–Crippen MR) is 113 cm³/mol. The summed E-state index contributed by atoms with van der Waals surface area (Å²) < 4.78 is 23.5. The first-order chi connectivity index (χ1) is 14.8. The number of aromatic nitrogens is 1. The maximum Gasteiger partial charge on any atom is 0.270 e. The summed E-state index contributed by atoms with van der Waals surface area (Å²) in [7, 11) is 1.49. The fourth-order valence-corrected chi connectivity index (χ4v) is 2.58. The molecule has 0 radical (unpaired) electrons. The van der Waals surface area contributed by atoms with Gasteiger partial charge in [0.1, 0.15) is 23.0 Å². The first-order valence-electron chi connectivity index (χ1n) is 9.28. The van der Waals surface area contributed by atoms with Gasteiger partial charge in [-0.15, -0.1) is 6.58 Å². The van der Waals surface area contributed by atoms with Gasteiger partial charge in [0.15, 0.2) is 6.61 Å². The Morgan fingerprint density at radius 1 is 1.32 bits per heavy atom. The molecule has 1 aromatic heterocycles. The van der Waals surface area contributed by atoms with E-state index >= 15 is 0 Å². The molecule has 0 aliphatic heterocycles. The van der Waals surface area contributed by atoms with Gasteiger partial charge in [0.2, 0.25) is 0 Å². The molecule has 0 spiro atoms. The molecule has 2 amide bonds. The lowest BCUT2D eigenvalue weighted by Gasteiger charge is -2.19. The van der Waals surface area contributed by atoms with Crippen LogP contribution >= 0.6 is 11.6 Å². The first kappa shape index (κ1) is 24.1. The summed E-state index contributed by atoms with van der Waals surface area (Å²) in [5.41, 5.74) is 0.186. The molecule has 0 fully saturated rings. The molecule has 0 saturated carbocycles. The van der Waals surface area contributed by atoms with Crippen molar-refractivity contribution in [3.8, 4) is 11.5 Å². The Morgan fingerprint density at radius 3 is 2.68 bits per heavy atom. The zero-order valence-electron chi connectivity index (χ0n) is 16.8. The average molecular weight is 452 g/mol. The van der Waals surface area contributed by atoms with E-state index in [-0.39, 0.29) is 36.0 Å². The van der Waals surface area contributed by atoms with E-state index in [0.29, 0.717) is 5.75 Å². The lowest BCUT2D eigenvalue weighted by molar-refractivity contribution is -0.123. The molecule has 2 aromatic rings. The van der Waals surface area contributed by atoms with Crippen molar-refractivity contribution >= 4 is 23.4 Å². The topological polar surface area (TPSA) is 110 Å². The van der Waals surface area contributed by atoms with Gasteiger partial charge in [-0.1, -0.05) is 17.7 Å². The second-order valence-electron chi connectivity index (χ2n) is 6.46. The zero-order chi connectivity index (χ0) is 22.8. The summed E-state index contributed by atoms with van der Waals surface area (Å²) in [4.78, 5) is 28.1. The van der Waals surface area contributed by atoms with Crippen molar-refractivity contribution in [3.05, 3.63) is 65.7 Å². The Morgan fingerprint density at radius 2 is 2.06 bits per heavy atom. The minimum absolute atomic E-state index is 0.0495. The molecule has 10 heteroatoms. The fourth-order valence-electron chi connectivity index (χ4n) is 2.47. The van der Waals surface area contributed by atoms with Crippen molar-refractivity contribution in [1.82, 2.24) is 15.6 Å². The molecule has 166 valence electrons. The Kier molecular flexibility index (Phi) is 9.23. The van der Waals surface area contributed by atoms with Gasteiger partial charge < -0.3 is 25.2 Å². The van der Waals surface area contributed by atoms with Crippen LogP contribution in [0.5, 0.6) is 11.5 Å². The lowest BCUT2D eigenvalue weighted by Crippen LogP contribution is -2.40. The van der Waals surface area contributed by atoms with Gasteiger partial charge in [-0.3, -0.25) is 9.59 Å². The molecular weight excluding hydrogens is 429 g/mol. The highest BCUT2D eigenvalue weighted by Crippen LogP contribution is 2.20. The van der Waals surface area contributed by atoms with E-state index in [0.717, 1.165) is 6.07 Å². The number of nitrogens with one attached hydrogen (secondary N) is 2. The molecule has 0 aliphatic carbocycles. The van der Waals surface area contributed by atoms with Gasteiger partial charge in [-0.25, -0.2) is 9.37 Å². The van der Waals surface area contributed by atoms with E-state index in [1.807, 2.05) is 0 Å². The van der Waals surface area contributed by atoms with E-state index in [9.17, 15) is 19.1 Å². The minimum atomic E-state index is -0.955. The number of aliphatic hydroxyl groups excluding tert-OH is 1. The molecule has 1 heterocycles. The maximum absolute atomic E-state index is 13.4. The largest absolute Gasteiger partial charge is 0.495 e. The number of methoxy groups -OCH3 is 1. The number of halogens is 2. The summed E-state index contributed by atoms with van der Waals surface area (Å²) in [5.74, 6) is -0.923. The summed E-state index contributed by atoms with van der Waals surface area (Å²) in [6.07, 6.45) is 2.06. The van der Waals surface area contributed by atoms with Crippen LogP contribution in [0.2, 0.25) is 5.02 Å². The van der Waals surface area contributed by atoms with Crippen LogP contribution in [0.15, 0.2) is 49.2 Å². The standard InChI is InChI=1S/C21H23ClFN3O5/c1-3-13(26-21(29)19-7-5-16(30-2)11-24-19)8-14(27)10-25-20(28)12-31-15-4-6-17(22)18(23)9-15/h3-7,9,11,13-14,27H,1,8,10,12H2,2H3,(H,25,28)(H,26,29). The highest BCUT2D eigenvalue weighted by molar-refractivity contribution is 6.30. The Labute approximate surface area is 184 Å². The van der Waals surface area contributed by atoms with Crippen LogP contribution in [0.25, 0.3) is 0 Å². The number of carbonyl (C=O) groups excluding carboxylic acids is 2. The highest BCUT2D eigenvalue weighted by atomic mass is 35.5. The number of amides is 2. The van der Waals surface area contributed by atoms with E-state index < -0.39 is 29.8 Å². The monoisotopic (exact) mass is 451 g/mol. The molecule has 8 nitrogen and oxygen atoms in total. The smallest absolute Gasteiger partial charge is 0.270 e. The van der Waals surface area contributed by atoms with Gasteiger partial charge in [-0.05, 0) is 30.7 Å². The van der Waals surface area contributed by atoms with Gasteiger partial charge in [0.25, 0.3) is 11.8 Å². The third-order valence-electron chi connectivity index (χ3n) is 4.13. The number of nitrogens with zero attached hydrogens (tertiary/aromatic N) is 1. The molecule has 2 unspecified atom stereocenters. The summed E-state index contributed by atoms with van der Waals surface area (Å²) in [6, 6.07) is 6.39. The van der Waals surface area contributed by atoms with Crippen molar-refractivity contribution < 1.29 is 28.6 Å². The van der Waals surface area contributed by atoms with E-state index in [1.54, 1.807) is 6.07 Å². The van der Waals surface area contributed by atoms with Crippen molar-refractivity contribution in [3.63, 3.8) is 0 Å². The number of carbonyl (C=O) groups is 2. The second-order valence-corrected chi connectivity index (χ2v) is 6.86. The zero-order valence-corrected chi connectivity index (χ0v) is 17.6. The molecule has 1 aromatic carbocycles. The van der Waals surface area contributed by atoms with Crippen LogP contribution < -0.4 is 20.1 Å². The average Bonchev–Trinajstić information content (AvgIpc) is 2.77. The molecule has 2 atom stereocenters. The number of aliphatic hydroxyl groups is 1. The van der Waals surface area contributed by atoms with Crippen LogP contribution in [-0.2, 0) is 4.79 Å². The normalized spacial score (nSPS) is 12.4. The SMILES string of the molecule is C=CC(CC(O)CNC(=O)COc1ccc(Cl)c(F)c1)NC(=O)c1ccc(OC)cn1. The van der Waals surface area contributed by atoms with Gasteiger partial charge >= 0.3 is 0 Å². The maximum atomic E-state index is 13.4. The van der Waals surface area contributed by atoms with Gasteiger partial charge in [-0.2, -0.15) is 0 Å². The number of benzene rings is 1. The third-order valence-corrected chi connectivity index (χ3v) is 4.43. The second kappa shape index (κ2) is 11.9. The van der Waals surface area contributed by atoms with E-state index in [2.05, 4.69) is 22.2 Å². The van der Waals surface area contributed by atoms with Crippen molar-refractivity contribution in [2.24, 2.45) is 0 Å². The molecule has 3 N–H and O–H groups in total. The predicted octanol–water partition coefficient (Wildman–Crippen LogP) is 2.11. The number of hydrogen-bond donors (Lipinski definition) is 3. The molecule has 0 aliphatic rings. The number of ether oxygens (including phenoxy) is 2. The number of rotatable bonds is 11. The van der Waals surface area contributed by atoms with Crippen molar-refractivity contribution in [2.75, 3.05) is 20.3 Å². The highest BCUT2D eigenvalue weighted by Gasteiger charge is 2.17. The van der Waals surface area contributed by atoms with Crippen LogP contribution in [0.1, 0.15) is 16.9 Å². The van der Waals surface area contributed by atoms with Gasteiger partial charge in [0.05, 0.1) is 24.4 Å². The van der Waals surface area contributed by atoms with E-state index in [1.165, 1.54) is 37.6 Å². The molecular formula is C21H23ClFN3O5. The Hall–Kier alpha value is -3.17. The van der Waals surface area contributed by atoms with Crippen LogP contribution in [0.3, 0.4) is 0 Å². The molecule has 2 rings (SSSR count). The summed E-state index contributed by atoms with van der Waals surface area (Å²) >= 11 is 5.58.